The van der Waals surface area contributed by atoms with Gasteiger partial charge in [-0.05, 0) is 12.1 Å². The lowest BCUT2D eigenvalue weighted by Gasteiger charge is -1.95. The average Bonchev–Trinajstić information content (AvgIpc) is 2.88. The van der Waals surface area contributed by atoms with Crippen LogP contribution in [-0.2, 0) is 0 Å². The molecule has 3 rings (SSSR count). The zero-order chi connectivity index (χ0) is 9.38. The summed E-state index contributed by atoms with van der Waals surface area (Å²) in [5, 5.41) is 4.11. The van der Waals surface area contributed by atoms with Crippen molar-refractivity contribution in [1.82, 2.24) is 15.0 Å². The fourth-order valence-corrected chi connectivity index (χ4v) is 2.04. The van der Waals surface area contributed by atoms with E-state index in [1.165, 1.54) is 0 Å². The summed E-state index contributed by atoms with van der Waals surface area (Å²) >= 11 is 1.63. The predicted octanol–water partition coefficient (Wildman–Crippen LogP) is 2.69. The van der Waals surface area contributed by atoms with Crippen LogP contribution < -0.4 is 0 Å². The molecule has 0 amide bonds. The maximum Gasteiger partial charge on any atom is 0.137 e. The van der Waals surface area contributed by atoms with Crippen molar-refractivity contribution in [3.05, 3.63) is 36.1 Å². The smallest absolute Gasteiger partial charge is 0.137 e. The minimum atomic E-state index is 0.922. The Hall–Kier alpha value is -1.68. The minimum absolute atomic E-state index is 0.922. The molecular formula is C10H7N3S. The lowest BCUT2D eigenvalue weighted by atomic mass is 10.2. The number of fused-ring (bicyclic) bond motifs is 1. The highest BCUT2D eigenvalue weighted by Gasteiger charge is 2.02. The van der Waals surface area contributed by atoms with Gasteiger partial charge in [0.25, 0.3) is 0 Å². The predicted molar refractivity (Wildman–Crippen MR) is 57.2 cm³/mol. The number of rotatable bonds is 1. The Morgan fingerprint density at radius 2 is 2.29 bits per heavy atom. The molecule has 0 aliphatic rings. The van der Waals surface area contributed by atoms with E-state index in [0.29, 0.717) is 0 Å². The van der Waals surface area contributed by atoms with Gasteiger partial charge < -0.3 is 4.98 Å². The van der Waals surface area contributed by atoms with Gasteiger partial charge in [-0.25, -0.2) is 9.97 Å². The second kappa shape index (κ2) is 2.92. The third kappa shape index (κ3) is 1.12. The molecule has 0 spiro atoms. The lowest BCUT2D eigenvalue weighted by Crippen LogP contribution is -1.79. The first kappa shape index (κ1) is 7.70. The van der Waals surface area contributed by atoms with E-state index in [9.17, 15) is 0 Å². The van der Waals surface area contributed by atoms with Gasteiger partial charge in [-0.1, -0.05) is 0 Å². The Morgan fingerprint density at radius 3 is 3.14 bits per heavy atom. The summed E-state index contributed by atoms with van der Waals surface area (Å²) in [5.41, 5.74) is 2.00. The Kier molecular flexibility index (Phi) is 1.61. The van der Waals surface area contributed by atoms with Gasteiger partial charge in [-0.15, -0.1) is 11.3 Å². The van der Waals surface area contributed by atoms with Gasteiger partial charge in [0.1, 0.15) is 10.7 Å². The van der Waals surface area contributed by atoms with Gasteiger partial charge in [0.15, 0.2) is 0 Å². The van der Waals surface area contributed by atoms with Crippen LogP contribution in [0.2, 0.25) is 0 Å². The number of H-pyrrole nitrogens is 1. The molecule has 4 heteroatoms. The SMILES string of the molecule is c1csc(-c2cnc3[nH]ccc3c2)n1. The van der Waals surface area contributed by atoms with E-state index in [1.54, 1.807) is 17.5 Å². The molecule has 14 heavy (non-hydrogen) atoms. The highest BCUT2D eigenvalue weighted by Crippen LogP contribution is 2.23. The summed E-state index contributed by atoms with van der Waals surface area (Å²) in [6.45, 7) is 0. The van der Waals surface area contributed by atoms with Crippen molar-refractivity contribution in [2.45, 2.75) is 0 Å². The van der Waals surface area contributed by atoms with E-state index in [1.807, 2.05) is 23.8 Å². The van der Waals surface area contributed by atoms with E-state index >= 15 is 0 Å². The summed E-state index contributed by atoms with van der Waals surface area (Å²) in [5.74, 6) is 0. The average molecular weight is 201 g/mol. The summed E-state index contributed by atoms with van der Waals surface area (Å²) in [4.78, 5) is 11.6. The van der Waals surface area contributed by atoms with E-state index in [0.717, 1.165) is 21.6 Å². The van der Waals surface area contributed by atoms with Gasteiger partial charge >= 0.3 is 0 Å². The number of hydrogen-bond acceptors (Lipinski definition) is 3. The maximum absolute atomic E-state index is 4.31. The summed E-state index contributed by atoms with van der Waals surface area (Å²) in [7, 11) is 0. The molecule has 3 nitrogen and oxygen atoms in total. The van der Waals surface area contributed by atoms with Gasteiger partial charge in [0, 0.05) is 34.9 Å². The zero-order valence-corrected chi connectivity index (χ0v) is 8.08. The number of nitrogens with zero attached hydrogens (tertiary/aromatic N) is 2. The Labute approximate surface area is 84.5 Å². The molecule has 0 bridgehead atoms. The molecule has 1 N–H and O–H groups in total. The van der Waals surface area contributed by atoms with Crippen molar-refractivity contribution >= 4 is 22.4 Å². The molecule has 0 aliphatic carbocycles. The van der Waals surface area contributed by atoms with Crippen molar-refractivity contribution in [2.75, 3.05) is 0 Å². The number of pyridine rings is 1. The van der Waals surface area contributed by atoms with Crippen LogP contribution in [0.4, 0.5) is 0 Å². The van der Waals surface area contributed by atoms with Gasteiger partial charge in [0.05, 0.1) is 0 Å². The van der Waals surface area contributed by atoms with E-state index < -0.39 is 0 Å². The third-order valence-corrected chi connectivity index (χ3v) is 2.90. The molecule has 0 fully saturated rings. The van der Waals surface area contributed by atoms with Crippen molar-refractivity contribution in [3.8, 4) is 10.6 Å². The molecule has 0 aromatic carbocycles. The number of hydrogen-bond donors (Lipinski definition) is 1. The van der Waals surface area contributed by atoms with Crippen molar-refractivity contribution in [1.29, 1.82) is 0 Å². The van der Waals surface area contributed by atoms with Crippen LogP contribution in [0.25, 0.3) is 21.6 Å². The molecular weight excluding hydrogens is 194 g/mol. The molecule has 3 aromatic rings. The van der Waals surface area contributed by atoms with E-state index in [-0.39, 0.29) is 0 Å². The fourth-order valence-electron chi connectivity index (χ4n) is 1.42. The van der Waals surface area contributed by atoms with Crippen LogP contribution in [0.15, 0.2) is 36.1 Å². The summed E-state index contributed by atoms with van der Waals surface area (Å²) in [6, 6.07) is 4.11. The first-order valence-electron chi connectivity index (χ1n) is 4.26. The molecule has 3 heterocycles. The van der Waals surface area contributed by atoms with Crippen LogP contribution in [0, 0.1) is 0 Å². The maximum atomic E-state index is 4.31. The number of thiazole rings is 1. The van der Waals surface area contributed by atoms with Crippen LogP contribution in [-0.4, -0.2) is 15.0 Å². The van der Waals surface area contributed by atoms with Gasteiger partial charge in [-0.3, -0.25) is 0 Å². The molecule has 0 atom stereocenters. The second-order valence-corrected chi connectivity index (χ2v) is 3.87. The Bertz CT molecular complexity index is 554. The van der Waals surface area contributed by atoms with Crippen LogP contribution in [0.1, 0.15) is 0 Å². The first-order valence-corrected chi connectivity index (χ1v) is 5.14. The van der Waals surface area contributed by atoms with Crippen molar-refractivity contribution in [3.63, 3.8) is 0 Å². The summed E-state index contributed by atoms with van der Waals surface area (Å²) in [6.07, 6.45) is 5.54. The third-order valence-electron chi connectivity index (χ3n) is 2.08. The molecule has 0 unspecified atom stereocenters. The Morgan fingerprint density at radius 1 is 1.29 bits per heavy atom. The normalized spacial score (nSPS) is 10.9. The Balaban J connectivity index is 2.23. The van der Waals surface area contributed by atoms with Gasteiger partial charge in [0.2, 0.25) is 0 Å². The highest BCUT2D eigenvalue weighted by atomic mass is 32.1. The highest BCUT2D eigenvalue weighted by molar-refractivity contribution is 7.13. The number of aromatic nitrogens is 3. The van der Waals surface area contributed by atoms with Crippen molar-refractivity contribution in [2.24, 2.45) is 0 Å². The standard InChI is InChI=1S/C10H7N3S/c1-2-11-9-7(1)5-8(6-13-9)10-12-3-4-14-10/h1-6H,(H,11,13). The topological polar surface area (TPSA) is 41.6 Å². The largest absolute Gasteiger partial charge is 0.346 e. The zero-order valence-electron chi connectivity index (χ0n) is 7.27. The summed E-state index contributed by atoms with van der Waals surface area (Å²) < 4.78 is 0. The lowest BCUT2D eigenvalue weighted by molar-refractivity contribution is 1.32. The fraction of sp³-hybridized carbons (Fsp3) is 0. The molecule has 0 radical (unpaired) electrons. The molecule has 3 aromatic heterocycles. The van der Waals surface area contributed by atoms with Crippen molar-refractivity contribution < 1.29 is 0 Å². The number of aromatic amines is 1. The second-order valence-electron chi connectivity index (χ2n) is 2.98. The minimum Gasteiger partial charge on any atom is -0.346 e. The van der Waals surface area contributed by atoms with Crippen LogP contribution >= 0.6 is 11.3 Å². The molecule has 0 saturated heterocycles. The van der Waals surface area contributed by atoms with Crippen LogP contribution in [0.3, 0.4) is 0 Å². The van der Waals surface area contributed by atoms with Crippen LogP contribution in [0.5, 0.6) is 0 Å². The van der Waals surface area contributed by atoms with E-state index in [2.05, 4.69) is 21.0 Å². The monoisotopic (exact) mass is 201 g/mol. The van der Waals surface area contributed by atoms with E-state index in [4.69, 9.17) is 0 Å². The van der Waals surface area contributed by atoms with Gasteiger partial charge in [-0.2, -0.15) is 0 Å². The molecule has 0 saturated carbocycles. The first-order chi connectivity index (χ1) is 6.93. The number of nitrogens with one attached hydrogen (secondary N) is 1. The molecule has 68 valence electrons. The quantitative estimate of drug-likeness (QED) is 0.657. The molecule has 0 aliphatic heterocycles.